The third-order valence-electron chi connectivity index (χ3n) is 4.71. The lowest BCUT2D eigenvalue weighted by atomic mass is 9.99. The minimum atomic E-state index is -4.37. The molecule has 0 saturated heterocycles. The van der Waals surface area contributed by atoms with Crippen LogP contribution < -0.4 is 5.63 Å². The van der Waals surface area contributed by atoms with Gasteiger partial charge in [-0.2, -0.15) is 13.2 Å². The summed E-state index contributed by atoms with van der Waals surface area (Å²) < 4.78 is 43.3. The van der Waals surface area contributed by atoms with Crippen molar-refractivity contribution in [3.05, 3.63) is 93.8 Å². The molecular weight excluding hydrogens is 411 g/mol. The van der Waals surface area contributed by atoms with Gasteiger partial charge in [-0.15, -0.1) is 0 Å². The van der Waals surface area contributed by atoms with Gasteiger partial charge in [0.1, 0.15) is 0 Å². The molecule has 0 fully saturated rings. The molecule has 7 heteroatoms. The quantitative estimate of drug-likeness (QED) is 0.350. The van der Waals surface area contributed by atoms with Crippen molar-refractivity contribution >= 4 is 22.7 Å². The molecule has 0 aliphatic rings. The van der Waals surface area contributed by atoms with Crippen molar-refractivity contribution in [1.29, 1.82) is 0 Å². The van der Waals surface area contributed by atoms with Crippen molar-refractivity contribution in [2.45, 2.75) is 24.1 Å². The van der Waals surface area contributed by atoms with E-state index in [1.54, 1.807) is 12.1 Å². The largest absolute Gasteiger partial charge is 0.416 e. The molecule has 1 aromatic heterocycles. The van der Waals surface area contributed by atoms with Crippen LogP contribution in [-0.4, -0.2) is 4.98 Å². The van der Waals surface area contributed by atoms with Gasteiger partial charge in [-0.3, -0.25) is 0 Å². The maximum absolute atomic E-state index is 12.7. The highest BCUT2D eigenvalue weighted by atomic mass is 32.2. The first kappa shape index (κ1) is 20.2. The molecule has 0 atom stereocenters. The van der Waals surface area contributed by atoms with E-state index in [0.29, 0.717) is 22.2 Å². The highest BCUT2D eigenvalue weighted by molar-refractivity contribution is 7.98. The summed E-state index contributed by atoms with van der Waals surface area (Å²) in [6.07, 6.45) is -4.37. The Morgan fingerprint density at radius 1 is 1.00 bits per heavy atom. The van der Waals surface area contributed by atoms with Gasteiger partial charge in [0.2, 0.25) is 0 Å². The first-order chi connectivity index (χ1) is 14.3. The SMILES string of the molecule is Cc1ccccc1-c1ccc2nc(SCc3ccc(C(F)(F)F)cc3)oc(=O)c2c1. The minimum Gasteiger partial charge on any atom is -0.397 e. The lowest BCUT2D eigenvalue weighted by Gasteiger charge is -2.08. The lowest BCUT2D eigenvalue weighted by molar-refractivity contribution is -0.137. The molecule has 0 bridgehead atoms. The summed E-state index contributed by atoms with van der Waals surface area (Å²) in [4.78, 5) is 16.9. The van der Waals surface area contributed by atoms with E-state index >= 15 is 0 Å². The fourth-order valence-electron chi connectivity index (χ4n) is 3.11. The van der Waals surface area contributed by atoms with E-state index in [1.165, 1.54) is 12.1 Å². The van der Waals surface area contributed by atoms with Gasteiger partial charge in [0.15, 0.2) is 0 Å². The zero-order valence-electron chi connectivity index (χ0n) is 15.9. The third kappa shape index (κ3) is 4.26. The molecule has 0 radical (unpaired) electrons. The van der Waals surface area contributed by atoms with E-state index in [1.807, 2.05) is 37.3 Å². The van der Waals surface area contributed by atoms with Crippen LogP contribution in [0.1, 0.15) is 16.7 Å². The second-order valence-electron chi connectivity index (χ2n) is 6.80. The lowest BCUT2D eigenvalue weighted by Crippen LogP contribution is -2.04. The van der Waals surface area contributed by atoms with E-state index in [2.05, 4.69) is 4.98 Å². The van der Waals surface area contributed by atoms with Crippen molar-refractivity contribution in [3.63, 3.8) is 0 Å². The van der Waals surface area contributed by atoms with Crippen molar-refractivity contribution in [2.75, 3.05) is 0 Å². The summed E-state index contributed by atoms with van der Waals surface area (Å²) in [6, 6.07) is 18.2. The van der Waals surface area contributed by atoms with Crippen LogP contribution in [0.4, 0.5) is 13.2 Å². The number of thioether (sulfide) groups is 1. The Labute approximate surface area is 174 Å². The van der Waals surface area contributed by atoms with Crippen molar-refractivity contribution in [2.24, 2.45) is 0 Å². The van der Waals surface area contributed by atoms with Crippen LogP contribution in [0, 0.1) is 6.92 Å². The van der Waals surface area contributed by atoms with E-state index in [4.69, 9.17) is 4.42 Å². The van der Waals surface area contributed by atoms with Crippen LogP contribution in [0.25, 0.3) is 22.0 Å². The van der Waals surface area contributed by atoms with Crippen LogP contribution in [0.5, 0.6) is 0 Å². The van der Waals surface area contributed by atoms with Crippen LogP contribution >= 0.6 is 11.8 Å². The molecule has 0 unspecified atom stereocenters. The van der Waals surface area contributed by atoms with Gasteiger partial charge in [-0.1, -0.05) is 54.2 Å². The fourth-order valence-corrected chi connectivity index (χ4v) is 3.89. The first-order valence-electron chi connectivity index (χ1n) is 9.11. The fraction of sp³-hybridized carbons (Fsp3) is 0.130. The number of nitrogens with zero attached hydrogens (tertiary/aromatic N) is 1. The van der Waals surface area contributed by atoms with Crippen LogP contribution in [-0.2, 0) is 11.9 Å². The Morgan fingerprint density at radius 2 is 1.73 bits per heavy atom. The number of hydrogen-bond donors (Lipinski definition) is 0. The van der Waals surface area contributed by atoms with Crippen LogP contribution in [0.15, 0.2) is 81.2 Å². The molecule has 0 aliphatic carbocycles. The standard InChI is InChI=1S/C23H16F3NO2S/c1-14-4-2-3-5-18(14)16-8-11-20-19(12-16)21(28)29-22(27-20)30-13-15-6-9-17(10-7-15)23(24,25)26/h2-12H,13H2,1H3. The Balaban J connectivity index is 1.57. The van der Waals surface area contributed by atoms with E-state index in [9.17, 15) is 18.0 Å². The minimum absolute atomic E-state index is 0.177. The molecule has 152 valence electrons. The highest BCUT2D eigenvalue weighted by Gasteiger charge is 2.29. The predicted octanol–water partition coefficient (Wildman–Crippen LogP) is 6.47. The van der Waals surface area contributed by atoms with Gasteiger partial charge in [-0.05, 0) is 53.4 Å². The van der Waals surface area contributed by atoms with E-state index in [-0.39, 0.29) is 5.22 Å². The smallest absolute Gasteiger partial charge is 0.397 e. The normalized spacial score (nSPS) is 11.7. The number of aromatic nitrogens is 1. The summed E-state index contributed by atoms with van der Waals surface area (Å²) in [5, 5.41) is 0.561. The third-order valence-corrected chi connectivity index (χ3v) is 5.61. The van der Waals surface area contributed by atoms with Crippen LogP contribution in [0.3, 0.4) is 0 Å². The van der Waals surface area contributed by atoms with Crippen molar-refractivity contribution in [1.82, 2.24) is 4.98 Å². The summed E-state index contributed by atoms with van der Waals surface area (Å²) in [7, 11) is 0. The first-order valence-corrected chi connectivity index (χ1v) is 10.1. The molecule has 0 saturated carbocycles. The average molecular weight is 427 g/mol. The molecule has 0 spiro atoms. The Bertz CT molecular complexity index is 1260. The maximum Gasteiger partial charge on any atom is 0.416 e. The molecule has 4 rings (SSSR count). The number of aryl methyl sites for hydroxylation is 1. The Kier molecular flexibility index (Phi) is 5.39. The zero-order valence-corrected chi connectivity index (χ0v) is 16.7. The number of halogens is 3. The molecule has 0 N–H and O–H groups in total. The Hall–Kier alpha value is -3.06. The number of hydrogen-bond acceptors (Lipinski definition) is 4. The molecule has 3 nitrogen and oxygen atoms in total. The number of fused-ring (bicyclic) bond motifs is 1. The molecule has 1 heterocycles. The van der Waals surface area contributed by atoms with Gasteiger partial charge in [0.05, 0.1) is 16.5 Å². The van der Waals surface area contributed by atoms with Gasteiger partial charge < -0.3 is 4.42 Å². The van der Waals surface area contributed by atoms with Crippen molar-refractivity contribution < 1.29 is 17.6 Å². The summed E-state index contributed by atoms with van der Waals surface area (Å²) >= 11 is 1.16. The highest BCUT2D eigenvalue weighted by Crippen LogP contribution is 2.30. The van der Waals surface area contributed by atoms with Crippen LogP contribution in [0.2, 0.25) is 0 Å². The second kappa shape index (κ2) is 7.99. The number of rotatable bonds is 4. The van der Waals surface area contributed by atoms with Gasteiger partial charge in [0.25, 0.3) is 5.22 Å². The second-order valence-corrected chi connectivity index (χ2v) is 7.72. The number of benzene rings is 3. The molecule has 30 heavy (non-hydrogen) atoms. The molecule has 4 aromatic rings. The van der Waals surface area contributed by atoms with Gasteiger partial charge >= 0.3 is 11.8 Å². The molecule has 0 amide bonds. The maximum atomic E-state index is 12.7. The van der Waals surface area contributed by atoms with Crippen molar-refractivity contribution in [3.8, 4) is 11.1 Å². The van der Waals surface area contributed by atoms with Gasteiger partial charge in [-0.25, -0.2) is 9.78 Å². The summed E-state index contributed by atoms with van der Waals surface area (Å²) in [5.41, 5.74) is 3.02. The predicted molar refractivity (Wildman–Crippen MR) is 111 cm³/mol. The van der Waals surface area contributed by atoms with Gasteiger partial charge in [0, 0.05) is 5.75 Å². The van der Waals surface area contributed by atoms with E-state index < -0.39 is 17.4 Å². The summed E-state index contributed by atoms with van der Waals surface area (Å²) in [6.45, 7) is 2.00. The molecule has 3 aromatic carbocycles. The monoisotopic (exact) mass is 427 g/mol. The molecule has 0 aliphatic heterocycles. The number of alkyl halides is 3. The zero-order chi connectivity index (χ0) is 21.3. The summed E-state index contributed by atoms with van der Waals surface area (Å²) in [5.74, 6) is 0.334. The molecular formula is C23H16F3NO2S. The average Bonchev–Trinajstić information content (AvgIpc) is 2.72. The topological polar surface area (TPSA) is 43.1 Å². The Morgan fingerprint density at radius 3 is 2.43 bits per heavy atom. The van der Waals surface area contributed by atoms with E-state index in [0.717, 1.165) is 40.6 Å².